The molecule has 0 aliphatic heterocycles. The van der Waals surface area contributed by atoms with Crippen LogP contribution >= 0.6 is 0 Å². The van der Waals surface area contributed by atoms with E-state index in [2.05, 4.69) is 22.1 Å². The highest BCUT2D eigenvalue weighted by molar-refractivity contribution is 5.81. The minimum atomic E-state index is 0.625. The highest BCUT2D eigenvalue weighted by atomic mass is 15.1. The smallest absolute Gasteiger partial charge is 0.142 e. The Bertz CT molecular complexity index is 809. The summed E-state index contributed by atoms with van der Waals surface area (Å²) in [7, 11) is 1.97. The maximum absolute atomic E-state index is 8.93. The van der Waals surface area contributed by atoms with Gasteiger partial charge in [-0.1, -0.05) is 0 Å². The number of hydrogen-bond acceptors (Lipinski definition) is 3. The molecule has 0 saturated carbocycles. The van der Waals surface area contributed by atoms with Crippen LogP contribution in [0.4, 0.5) is 0 Å². The van der Waals surface area contributed by atoms with Gasteiger partial charge in [0.2, 0.25) is 0 Å². The first kappa shape index (κ1) is 11.4. The summed E-state index contributed by atoms with van der Waals surface area (Å²) in [5, 5.41) is 8.93. The second-order valence-corrected chi connectivity index (χ2v) is 4.56. The Kier molecular flexibility index (Phi) is 2.53. The molecule has 0 radical (unpaired) electrons. The van der Waals surface area contributed by atoms with Gasteiger partial charge in [-0.2, -0.15) is 5.26 Å². The first-order chi connectivity index (χ1) is 9.19. The number of benzene rings is 1. The van der Waals surface area contributed by atoms with Crippen molar-refractivity contribution in [1.82, 2.24) is 14.5 Å². The Morgan fingerprint density at radius 3 is 2.79 bits per heavy atom. The molecule has 4 heteroatoms. The van der Waals surface area contributed by atoms with Gasteiger partial charge in [0.15, 0.2) is 0 Å². The van der Waals surface area contributed by atoms with E-state index in [1.807, 2.05) is 42.9 Å². The molecule has 0 bridgehead atoms. The van der Waals surface area contributed by atoms with Crippen molar-refractivity contribution < 1.29 is 0 Å². The lowest BCUT2D eigenvalue weighted by atomic mass is 10.2. The minimum absolute atomic E-state index is 0.625. The van der Waals surface area contributed by atoms with E-state index in [0.717, 1.165) is 28.0 Å². The normalized spacial score (nSPS) is 10.6. The zero-order valence-electron chi connectivity index (χ0n) is 10.8. The standard InChI is InChI=1S/C15H12N4/c1-10-5-12(9-17-8-10)15-18-13-6-11(7-16)3-4-14(13)19(15)2/h3-6,8-9H,1-2H3. The number of pyridine rings is 1. The summed E-state index contributed by atoms with van der Waals surface area (Å²) in [5.41, 5.74) is 4.55. The first-order valence-electron chi connectivity index (χ1n) is 5.97. The predicted octanol–water partition coefficient (Wildman–Crippen LogP) is 2.82. The summed E-state index contributed by atoms with van der Waals surface area (Å²) in [6, 6.07) is 9.73. The second-order valence-electron chi connectivity index (χ2n) is 4.56. The zero-order valence-corrected chi connectivity index (χ0v) is 10.8. The SMILES string of the molecule is Cc1cncc(-c2nc3cc(C#N)ccc3n2C)c1. The molecular weight excluding hydrogens is 236 g/mol. The quantitative estimate of drug-likeness (QED) is 0.665. The summed E-state index contributed by atoms with van der Waals surface area (Å²) in [4.78, 5) is 8.80. The van der Waals surface area contributed by atoms with Gasteiger partial charge in [0, 0.05) is 25.0 Å². The Morgan fingerprint density at radius 2 is 2.05 bits per heavy atom. The predicted molar refractivity (Wildman–Crippen MR) is 73.4 cm³/mol. The van der Waals surface area contributed by atoms with Crippen molar-refractivity contribution in [3.8, 4) is 17.5 Å². The van der Waals surface area contributed by atoms with E-state index in [0.29, 0.717) is 5.56 Å². The largest absolute Gasteiger partial charge is 0.327 e. The molecule has 0 unspecified atom stereocenters. The van der Waals surface area contributed by atoms with Crippen molar-refractivity contribution in [2.24, 2.45) is 7.05 Å². The van der Waals surface area contributed by atoms with Crippen LogP contribution in [0.5, 0.6) is 0 Å². The van der Waals surface area contributed by atoms with Crippen LogP contribution < -0.4 is 0 Å². The molecule has 0 spiro atoms. The average molecular weight is 248 g/mol. The summed E-state index contributed by atoms with van der Waals surface area (Å²) >= 11 is 0. The van der Waals surface area contributed by atoms with Gasteiger partial charge in [-0.25, -0.2) is 4.98 Å². The van der Waals surface area contributed by atoms with Gasteiger partial charge in [-0.05, 0) is 36.8 Å². The summed E-state index contributed by atoms with van der Waals surface area (Å²) < 4.78 is 2.02. The molecule has 4 nitrogen and oxygen atoms in total. The third-order valence-electron chi connectivity index (χ3n) is 3.14. The topological polar surface area (TPSA) is 54.5 Å². The highest BCUT2D eigenvalue weighted by Crippen LogP contribution is 2.24. The monoisotopic (exact) mass is 248 g/mol. The molecule has 0 aliphatic rings. The molecule has 0 aliphatic carbocycles. The lowest BCUT2D eigenvalue weighted by Crippen LogP contribution is -1.93. The van der Waals surface area contributed by atoms with Gasteiger partial charge in [0.25, 0.3) is 0 Å². The van der Waals surface area contributed by atoms with Gasteiger partial charge in [-0.15, -0.1) is 0 Å². The lowest BCUT2D eigenvalue weighted by molar-refractivity contribution is 0.957. The Labute approximate surface area is 111 Å². The Balaban J connectivity index is 2.25. The van der Waals surface area contributed by atoms with E-state index in [9.17, 15) is 0 Å². The summed E-state index contributed by atoms with van der Waals surface area (Å²) in [5.74, 6) is 0.862. The van der Waals surface area contributed by atoms with Crippen LogP contribution in [0.1, 0.15) is 11.1 Å². The fourth-order valence-corrected chi connectivity index (χ4v) is 2.20. The van der Waals surface area contributed by atoms with Crippen LogP contribution in [0.25, 0.3) is 22.4 Å². The van der Waals surface area contributed by atoms with Crippen molar-refractivity contribution >= 4 is 11.0 Å². The van der Waals surface area contributed by atoms with Crippen LogP contribution in [0.3, 0.4) is 0 Å². The van der Waals surface area contributed by atoms with Crippen molar-refractivity contribution in [1.29, 1.82) is 5.26 Å². The number of aryl methyl sites for hydroxylation is 2. The van der Waals surface area contributed by atoms with Crippen LogP contribution in [-0.4, -0.2) is 14.5 Å². The number of imidazole rings is 1. The molecule has 2 aromatic heterocycles. The maximum Gasteiger partial charge on any atom is 0.142 e. The fraction of sp³-hybridized carbons (Fsp3) is 0.133. The van der Waals surface area contributed by atoms with Crippen LogP contribution in [0, 0.1) is 18.3 Å². The van der Waals surface area contributed by atoms with Gasteiger partial charge < -0.3 is 4.57 Å². The van der Waals surface area contributed by atoms with Crippen molar-refractivity contribution in [2.45, 2.75) is 6.92 Å². The van der Waals surface area contributed by atoms with Gasteiger partial charge in [-0.3, -0.25) is 4.98 Å². The molecule has 0 atom stereocenters. The molecule has 2 heterocycles. The van der Waals surface area contributed by atoms with E-state index in [4.69, 9.17) is 5.26 Å². The van der Waals surface area contributed by atoms with E-state index < -0.39 is 0 Å². The van der Waals surface area contributed by atoms with Crippen molar-refractivity contribution in [3.63, 3.8) is 0 Å². The fourth-order valence-electron chi connectivity index (χ4n) is 2.20. The molecule has 0 amide bonds. The number of rotatable bonds is 1. The molecule has 19 heavy (non-hydrogen) atoms. The third-order valence-corrected chi connectivity index (χ3v) is 3.14. The van der Waals surface area contributed by atoms with Gasteiger partial charge in [0.05, 0.1) is 22.7 Å². The van der Waals surface area contributed by atoms with E-state index in [1.165, 1.54) is 0 Å². The van der Waals surface area contributed by atoms with E-state index in [-0.39, 0.29) is 0 Å². The van der Waals surface area contributed by atoms with Gasteiger partial charge in [0.1, 0.15) is 5.82 Å². The molecule has 3 rings (SSSR count). The lowest BCUT2D eigenvalue weighted by Gasteiger charge is -2.02. The molecule has 0 saturated heterocycles. The van der Waals surface area contributed by atoms with Gasteiger partial charge >= 0.3 is 0 Å². The molecule has 3 aromatic rings. The highest BCUT2D eigenvalue weighted by Gasteiger charge is 2.10. The molecule has 0 N–H and O–H groups in total. The number of nitrogens with zero attached hydrogens (tertiary/aromatic N) is 4. The summed E-state index contributed by atoms with van der Waals surface area (Å²) in [6.07, 6.45) is 3.62. The van der Waals surface area contributed by atoms with Crippen LogP contribution in [-0.2, 0) is 7.05 Å². The van der Waals surface area contributed by atoms with E-state index >= 15 is 0 Å². The van der Waals surface area contributed by atoms with Crippen LogP contribution in [0.15, 0.2) is 36.7 Å². The molecule has 1 aromatic carbocycles. The number of nitriles is 1. The molecule has 0 fully saturated rings. The Hall–Kier alpha value is -2.67. The maximum atomic E-state index is 8.93. The van der Waals surface area contributed by atoms with E-state index in [1.54, 1.807) is 6.20 Å². The van der Waals surface area contributed by atoms with Crippen LogP contribution in [0.2, 0.25) is 0 Å². The zero-order chi connectivity index (χ0) is 13.4. The first-order valence-corrected chi connectivity index (χ1v) is 5.97. The van der Waals surface area contributed by atoms with Crippen molar-refractivity contribution in [2.75, 3.05) is 0 Å². The number of hydrogen-bond donors (Lipinski definition) is 0. The number of aromatic nitrogens is 3. The second kappa shape index (κ2) is 4.21. The minimum Gasteiger partial charge on any atom is -0.327 e. The average Bonchev–Trinajstić information content (AvgIpc) is 2.75. The third kappa shape index (κ3) is 1.85. The summed E-state index contributed by atoms with van der Waals surface area (Å²) in [6.45, 7) is 2.01. The van der Waals surface area contributed by atoms with Crippen molar-refractivity contribution in [3.05, 3.63) is 47.8 Å². The number of fused-ring (bicyclic) bond motifs is 1. The Morgan fingerprint density at radius 1 is 1.21 bits per heavy atom. The molecular formula is C15H12N4. The molecule has 92 valence electrons.